The SMILES string of the molecule is CC(C)(C)OC(=O)N1C2CCC1CC(Nc1ccc(F)cc1Cl)C2. The van der Waals surface area contributed by atoms with Gasteiger partial charge in [0, 0.05) is 18.1 Å². The monoisotopic (exact) mass is 354 g/mol. The van der Waals surface area contributed by atoms with Gasteiger partial charge in [0.15, 0.2) is 0 Å². The number of amides is 1. The van der Waals surface area contributed by atoms with E-state index in [1.807, 2.05) is 25.7 Å². The number of ether oxygens (including phenoxy) is 1. The molecule has 2 fully saturated rings. The lowest BCUT2D eigenvalue weighted by molar-refractivity contribution is 0.00683. The molecule has 2 bridgehead atoms. The number of carbonyl (C=O) groups is 1. The van der Waals surface area contributed by atoms with Crippen LogP contribution in [0.4, 0.5) is 14.9 Å². The summed E-state index contributed by atoms with van der Waals surface area (Å²) in [7, 11) is 0. The zero-order valence-electron chi connectivity index (χ0n) is 14.3. The van der Waals surface area contributed by atoms with Crippen LogP contribution in [0.2, 0.25) is 5.02 Å². The Morgan fingerprint density at radius 3 is 2.46 bits per heavy atom. The average molecular weight is 355 g/mol. The molecule has 2 aliphatic rings. The van der Waals surface area contributed by atoms with E-state index in [-0.39, 0.29) is 30.0 Å². The number of fused-ring (bicyclic) bond motifs is 2. The first-order chi connectivity index (χ1) is 11.2. The summed E-state index contributed by atoms with van der Waals surface area (Å²) in [6.07, 6.45) is 3.49. The molecule has 1 aromatic carbocycles. The van der Waals surface area contributed by atoms with E-state index in [0.717, 1.165) is 31.4 Å². The molecule has 1 N–H and O–H groups in total. The number of rotatable bonds is 2. The number of benzene rings is 1. The lowest BCUT2D eigenvalue weighted by atomic mass is 9.97. The molecule has 1 aromatic rings. The van der Waals surface area contributed by atoms with Gasteiger partial charge in [0.2, 0.25) is 0 Å². The number of piperidine rings is 1. The van der Waals surface area contributed by atoms with E-state index < -0.39 is 5.60 Å². The second kappa shape index (κ2) is 6.43. The number of nitrogens with one attached hydrogen (secondary N) is 1. The van der Waals surface area contributed by atoms with Crippen molar-refractivity contribution in [2.45, 2.75) is 70.2 Å². The van der Waals surface area contributed by atoms with Crippen LogP contribution in [-0.4, -0.2) is 34.7 Å². The van der Waals surface area contributed by atoms with Crippen LogP contribution in [-0.2, 0) is 4.74 Å². The second-order valence-corrected chi connectivity index (χ2v) is 8.12. The highest BCUT2D eigenvalue weighted by Gasteiger charge is 2.44. The van der Waals surface area contributed by atoms with Gasteiger partial charge in [-0.25, -0.2) is 9.18 Å². The molecule has 0 aliphatic carbocycles. The van der Waals surface area contributed by atoms with Crippen molar-refractivity contribution in [2.75, 3.05) is 5.32 Å². The molecule has 0 spiro atoms. The number of nitrogens with zero attached hydrogens (tertiary/aromatic N) is 1. The van der Waals surface area contributed by atoms with E-state index >= 15 is 0 Å². The van der Waals surface area contributed by atoms with Crippen molar-refractivity contribution in [3.05, 3.63) is 29.0 Å². The third-order valence-electron chi connectivity index (χ3n) is 4.63. The van der Waals surface area contributed by atoms with Gasteiger partial charge in [-0.05, 0) is 64.7 Å². The predicted octanol–water partition coefficient (Wildman–Crippen LogP) is 4.82. The van der Waals surface area contributed by atoms with Crippen molar-refractivity contribution in [1.82, 2.24) is 4.90 Å². The Kier molecular flexibility index (Phi) is 4.65. The Balaban J connectivity index is 1.66. The molecular weight excluding hydrogens is 331 g/mol. The third-order valence-corrected chi connectivity index (χ3v) is 4.94. The van der Waals surface area contributed by atoms with E-state index in [4.69, 9.17) is 16.3 Å². The third kappa shape index (κ3) is 3.77. The Hall–Kier alpha value is -1.49. The summed E-state index contributed by atoms with van der Waals surface area (Å²) in [4.78, 5) is 14.4. The number of hydrogen-bond donors (Lipinski definition) is 1. The number of hydrogen-bond acceptors (Lipinski definition) is 3. The summed E-state index contributed by atoms with van der Waals surface area (Å²) in [6.45, 7) is 5.66. The number of anilines is 1. The lowest BCUT2D eigenvalue weighted by Crippen LogP contribution is -2.51. The summed E-state index contributed by atoms with van der Waals surface area (Å²) in [5.74, 6) is -0.342. The minimum Gasteiger partial charge on any atom is -0.444 e. The molecule has 2 heterocycles. The molecule has 2 saturated heterocycles. The molecule has 0 radical (unpaired) electrons. The Labute approximate surface area is 147 Å². The van der Waals surface area contributed by atoms with E-state index in [1.54, 1.807) is 6.07 Å². The molecule has 3 rings (SSSR count). The van der Waals surface area contributed by atoms with Gasteiger partial charge in [0.05, 0.1) is 10.7 Å². The van der Waals surface area contributed by atoms with Gasteiger partial charge in [-0.1, -0.05) is 11.6 Å². The fraction of sp³-hybridized carbons (Fsp3) is 0.611. The van der Waals surface area contributed by atoms with Gasteiger partial charge in [-0.15, -0.1) is 0 Å². The zero-order valence-corrected chi connectivity index (χ0v) is 15.1. The predicted molar refractivity (Wildman–Crippen MR) is 92.9 cm³/mol. The quantitative estimate of drug-likeness (QED) is 0.827. The highest BCUT2D eigenvalue weighted by atomic mass is 35.5. The molecule has 2 unspecified atom stereocenters. The van der Waals surface area contributed by atoms with Crippen LogP contribution in [0.25, 0.3) is 0 Å². The zero-order chi connectivity index (χ0) is 17.5. The normalized spacial score (nSPS) is 26.4. The standard InChI is InChI=1S/C18H24ClFN2O2/c1-18(2,3)24-17(23)22-13-5-6-14(22)10-12(9-13)21-16-7-4-11(20)8-15(16)19/h4,7-8,12-14,21H,5-6,9-10H2,1-3H3. The summed E-state index contributed by atoms with van der Waals surface area (Å²) >= 11 is 6.10. The first kappa shape index (κ1) is 17.3. The number of carbonyl (C=O) groups excluding carboxylic acids is 1. The van der Waals surface area contributed by atoms with Gasteiger partial charge in [-0.2, -0.15) is 0 Å². The van der Waals surface area contributed by atoms with Crippen molar-refractivity contribution in [3.8, 4) is 0 Å². The first-order valence-electron chi connectivity index (χ1n) is 8.46. The fourth-order valence-corrected chi connectivity index (χ4v) is 3.96. The van der Waals surface area contributed by atoms with Crippen molar-refractivity contribution in [2.24, 2.45) is 0 Å². The Morgan fingerprint density at radius 1 is 1.29 bits per heavy atom. The van der Waals surface area contributed by atoms with Crippen LogP contribution in [0.15, 0.2) is 18.2 Å². The summed E-state index contributed by atoms with van der Waals surface area (Å²) in [5.41, 5.74) is 0.265. The van der Waals surface area contributed by atoms with Gasteiger partial charge >= 0.3 is 6.09 Å². The van der Waals surface area contributed by atoms with Gasteiger partial charge in [0.1, 0.15) is 11.4 Å². The van der Waals surface area contributed by atoms with E-state index in [1.165, 1.54) is 12.1 Å². The largest absolute Gasteiger partial charge is 0.444 e. The van der Waals surface area contributed by atoms with Crippen molar-refractivity contribution < 1.29 is 13.9 Å². The number of halogens is 2. The molecule has 24 heavy (non-hydrogen) atoms. The molecule has 132 valence electrons. The van der Waals surface area contributed by atoms with Crippen LogP contribution in [0.1, 0.15) is 46.5 Å². The van der Waals surface area contributed by atoms with E-state index in [2.05, 4.69) is 5.32 Å². The van der Waals surface area contributed by atoms with Crippen molar-refractivity contribution >= 4 is 23.4 Å². The molecule has 0 aromatic heterocycles. The van der Waals surface area contributed by atoms with Gasteiger partial charge in [-0.3, -0.25) is 0 Å². The Bertz CT molecular complexity index is 618. The minimum absolute atomic E-state index is 0.190. The summed E-state index contributed by atoms with van der Waals surface area (Å²) in [5, 5.41) is 3.79. The summed E-state index contributed by atoms with van der Waals surface area (Å²) < 4.78 is 18.7. The fourth-order valence-electron chi connectivity index (χ4n) is 3.73. The van der Waals surface area contributed by atoms with Crippen LogP contribution >= 0.6 is 11.6 Å². The van der Waals surface area contributed by atoms with Crippen LogP contribution in [0.3, 0.4) is 0 Å². The Morgan fingerprint density at radius 2 is 1.92 bits per heavy atom. The molecule has 2 atom stereocenters. The molecule has 6 heteroatoms. The smallest absolute Gasteiger partial charge is 0.410 e. The molecule has 1 amide bonds. The second-order valence-electron chi connectivity index (χ2n) is 7.71. The topological polar surface area (TPSA) is 41.6 Å². The maximum absolute atomic E-state index is 13.2. The maximum atomic E-state index is 13.2. The molecule has 2 aliphatic heterocycles. The maximum Gasteiger partial charge on any atom is 0.410 e. The highest BCUT2D eigenvalue weighted by molar-refractivity contribution is 6.33. The van der Waals surface area contributed by atoms with Crippen LogP contribution in [0, 0.1) is 5.82 Å². The molecular formula is C18H24ClFN2O2. The summed E-state index contributed by atoms with van der Waals surface area (Å²) in [6, 6.07) is 4.99. The van der Waals surface area contributed by atoms with Gasteiger partial charge < -0.3 is 15.0 Å². The van der Waals surface area contributed by atoms with Crippen molar-refractivity contribution in [1.29, 1.82) is 0 Å². The van der Waals surface area contributed by atoms with Crippen LogP contribution < -0.4 is 5.32 Å². The first-order valence-corrected chi connectivity index (χ1v) is 8.83. The minimum atomic E-state index is -0.479. The average Bonchev–Trinajstić information content (AvgIpc) is 2.72. The molecule has 4 nitrogen and oxygen atoms in total. The van der Waals surface area contributed by atoms with E-state index in [9.17, 15) is 9.18 Å². The van der Waals surface area contributed by atoms with E-state index in [0.29, 0.717) is 5.02 Å². The lowest BCUT2D eigenvalue weighted by Gasteiger charge is -2.40. The van der Waals surface area contributed by atoms with Crippen molar-refractivity contribution in [3.63, 3.8) is 0 Å². The van der Waals surface area contributed by atoms with Crippen LogP contribution in [0.5, 0.6) is 0 Å². The van der Waals surface area contributed by atoms with Gasteiger partial charge in [0.25, 0.3) is 0 Å². The highest BCUT2D eigenvalue weighted by Crippen LogP contribution is 2.38. The molecule has 0 saturated carbocycles.